The van der Waals surface area contributed by atoms with Crippen molar-refractivity contribution in [3.05, 3.63) is 44.7 Å². The number of nitrogens with two attached hydrogens (primary N) is 1. The molecule has 0 aliphatic carbocycles. The van der Waals surface area contributed by atoms with Gasteiger partial charge in [-0.25, -0.2) is 0 Å². The van der Waals surface area contributed by atoms with Gasteiger partial charge in [0.05, 0.1) is 8.45 Å². The van der Waals surface area contributed by atoms with Gasteiger partial charge in [-0.3, -0.25) is 0 Å². The Bertz CT molecular complexity index is 675. The van der Waals surface area contributed by atoms with Crippen LogP contribution in [0.3, 0.4) is 0 Å². The molecule has 0 fully saturated rings. The summed E-state index contributed by atoms with van der Waals surface area (Å²) >= 11 is 3.96. The van der Waals surface area contributed by atoms with Gasteiger partial charge in [0.25, 0.3) is 0 Å². The number of aromatic nitrogens is 1. The molecule has 0 amide bonds. The Labute approximate surface area is 122 Å². The molecule has 0 unspecified atom stereocenters. The van der Waals surface area contributed by atoms with Crippen molar-refractivity contribution in [2.75, 3.05) is 5.73 Å². The minimum Gasteiger partial charge on any atom is -0.380 e. The number of rotatable bonds is 2. The van der Waals surface area contributed by atoms with Crippen LogP contribution in [0, 0.1) is 2.88 Å². The predicted molar refractivity (Wildman–Crippen MR) is 82.4 cm³/mol. The lowest BCUT2D eigenvalue weighted by atomic mass is 10.0. The largest absolute Gasteiger partial charge is 0.380 e. The molecule has 2 aromatic heterocycles. The van der Waals surface area contributed by atoms with Gasteiger partial charge in [-0.15, -0.1) is 11.3 Å². The molecule has 3 nitrogen and oxygen atoms in total. The van der Waals surface area contributed by atoms with E-state index in [1.165, 1.54) is 2.88 Å². The maximum atomic E-state index is 5.91. The van der Waals surface area contributed by atoms with Crippen molar-refractivity contribution in [2.24, 2.45) is 0 Å². The van der Waals surface area contributed by atoms with Crippen molar-refractivity contribution in [3.8, 4) is 22.5 Å². The van der Waals surface area contributed by atoms with Crippen LogP contribution in [-0.4, -0.2) is 5.16 Å². The van der Waals surface area contributed by atoms with Crippen LogP contribution in [0.5, 0.6) is 0 Å². The minimum atomic E-state index is 0.428. The molecule has 0 aliphatic heterocycles. The molecule has 0 radical (unpaired) electrons. The van der Waals surface area contributed by atoms with E-state index in [9.17, 15) is 0 Å². The number of benzene rings is 1. The third-order valence-electron chi connectivity index (χ3n) is 2.61. The molecule has 3 rings (SSSR count). The third-order valence-corrected chi connectivity index (χ3v) is 4.40. The number of halogens is 1. The highest BCUT2D eigenvalue weighted by Gasteiger charge is 2.18. The molecule has 1 aromatic carbocycles. The maximum absolute atomic E-state index is 5.91. The third kappa shape index (κ3) is 2.04. The fraction of sp³-hybridized carbons (Fsp3) is 0. The molecule has 0 saturated carbocycles. The van der Waals surface area contributed by atoms with E-state index >= 15 is 0 Å². The predicted octanol–water partition coefficient (Wildman–Crippen LogP) is 4.26. The van der Waals surface area contributed by atoms with Gasteiger partial charge in [0.1, 0.15) is 0 Å². The lowest BCUT2D eigenvalue weighted by molar-refractivity contribution is 0.436. The summed E-state index contributed by atoms with van der Waals surface area (Å²) in [4.78, 5) is 0. The Hall–Kier alpha value is -1.34. The van der Waals surface area contributed by atoms with Crippen molar-refractivity contribution in [2.45, 2.75) is 0 Å². The summed E-state index contributed by atoms with van der Waals surface area (Å²) in [5, 5.41) is 5.93. The number of nitrogen functional groups attached to an aromatic ring is 1. The Morgan fingerprint density at radius 1 is 1.17 bits per heavy atom. The first-order valence-corrected chi connectivity index (χ1v) is 7.26. The molecule has 90 valence electrons. The molecular formula is C13H9IN2OS. The highest BCUT2D eigenvalue weighted by Crippen LogP contribution is 2.38. The number of thiophene rings is 1. The molecule has 0 saturated heterocycles. The minimum absolute atomic E-state index is 0.428. The molecule has 18 heavy (non-hydrogen) atoms. The zero-order chi connectivity index (χ0) is 12.5. The highest BCUT2D eigenvalue weighted by molar-refractivity contribution is 14.1. The van der Waals surface area contributed by atoms with Crippen LogP contribution in [0.4, 0.5) is 5.82 Å². The standard InChI is InChI=1S/C13H9IN2OS/c14-10-6-9(7-18-10)12-11(13(15)16-17-12)8-4-2-1-3-5-8/h1-7H,(H2,15,16). The van der Waals surface area contributed by atoms with Gasteiger partial charge in [-0.2, -0.15) is 0 Å². The van der Waals surface area contributed by atoms with Crippen molar-refractivity contribution in [1.29, 1.82) is 0 Å². The molecule has 3 aromatic rings. The van der Waals surface area contributed by atoms with Gasteiger partial charge in [0, 0.05) is 10.9 Å². The van der Waals surface area contributed by atoms with Crippen LogP contribution >= 0.6 is 33.9 Å². The SMILES string of the molecule is Nc1noc(-c2csc(I)c2)c1-c1ccccc1. The fourth-order valence-corrected chi connectivity index (χ4v) is 3.14. The quantitative estimate of drug-likeness (QED) is 0.688. The summed E-state index contributed by atoms with van der Waals surface area (Å²) in [7, 11) is 0. The first kappa shape index (κ1) is 11.7. The molecule has 0 spiro atoms. The fourth-order valence-electron chi connectivity index (χ4n) is 1.81. The summed E-state index contributed by atoms with van der Waals surface area (Å²) in [5.74, 6) is 1.16. The van der Waals surface area contributed by atoms with Gasteiger partial charge >= 0.3 is 0 Å². The summed E-state index contributed by atoms with van der Waals surface area (Å²) in [5.41, 5.74) is 8.82. The topological polar surface area (TPSA) is 52.0 Å². The van der Waals surface area contributed by atoms with E-state index in [0.717, 1.165) is 22.5 Å². The normalized spacial score (nSPS) is 10.7. The van der Waals surface area contributed by atoms with Crippen LogP contribution in [0.25, 0.3) is 22.5 Å². The van der Waals surface area contributed by atoms with E-state index in [2.05, 4.69) is 33.8 Å². The van der Waals surface area contributed by atoms with Gasteiger partial charge in [-0.1, -0.05) is 35.5 Å². The molecular weight excluding hydrogens is 359 g/mol. The van der Waals surface area contributed by atoms with E-state index in [-0.39, 0.29) is 0 Å². The average molecular weight is 368 g/mol. The van der Waals surface area contributed by atoms with E-state index in [4.69, 9.17) is 10.3 Å². The lowest BCUT2D eigenvalue weighted by Gasteiger charge is -2.00. The molecule has 2 N–H and O–H groups in total. The van der Waals surface area contributed by atoms with Crippen molar-refractivity contribution in [1.82, 2.24) is 5.16 Å². The zero-order valence-electron chi connectivity index (χ0n) is 9.26. The Kier molecular flexibility index (Phi) is 3.09. The van der Waals surface area contributed by atoms with Gasteiger partial charge in [0.2, 0.25) is 0 Å². The second-order valence-electron chi connectivity index (χ2n) is 3.78. The average Bonchev–Trinajstić information content (AvgIpc) is 2.96. The number of nitrogens with zero attached hydrogens (tertiary/aromatic N) is 1. The molecule has 5 heteroatoms. The Morgan fingerprint density at radius 2 is 1.94 bits per heavy atom. The van der Waals surface area contributed by atoms with E-state index in [0.29, 0.717) is 5.82 Å². The Balaban J connectivity index is 2.18. The molecule has 0 atom stereocenters. The number of hydrogen-bond acceptors (Lipinski definition) is 4. The summed E-state index contributed by atoms with van der Waals surface area (Å²) in [6.45, 7) is 0. The van der Waals surface area contributed by atoms with Crippen molar-refractivity contribution >= 4 is 39.7 Å². The maximum Gasteiger partial charge on any atom is 0.177 e. The van der Waals surface area contributed by atoms with Crippen LogP contribution < -0.4 is 5.73 Å². The highest BCUT2D eigenvalue weighted by atomic mass is 127. The first-order chi connectivity index (χ1) is 8.75. The molecule has 2 heterocycles. The first-order valence-electron chi connectivity index (χ1n) is 5.30. The zero-order valence-corrected chi connectivity index (χ0v) is 12.2. The van der Waals surface area contributed by atoms with Gasteiger partial charge < -0.3 is 10.3 Å². The lowest BCUT2D eigenvalue weighted by Crippen LogP contribution is -1.88. The summed E-state index contributed by atoms with van der Waals surface area (Å²) in [6, 6.07) is 12.0. The van der Waals surface area contributed by atoms with Crippen LogP contribution in [-0.2, 0) is 0 Å². The van der Waals surface area contributed by atoms with Crippen LogP contribution in [0.2, 0.25) is 0 Å². The summed E-state index contributed by atoms with van der Waals surface area (Å²) < 4.78 is 6.58. The van der Waals surface area contributed by atoms with Crippen molar-refractivity contribution in [3.63, 3.8) is 0 Å². The second kappa shape index (κ2) is 4.74. The van der Waals surface area contributed by atoms with E-state index in [1.54, 1.807) is 11.3 Å². The van der Waals surface area contributed by atoms with Crippen LogP contribution in [0.15, 0.2) is 46.3 Å². The number of anilines is 1. The van der Waals surface area contributed by atoms with Gasteiger partial charge in [0.15, 0.2) is 11.6 Å². The van der Waals surface area contributed by atoms with E-state index in [1.807, 2.05) is 35.7 Å². The van der Waals surface area contributed by atoms with E-state index < -0.39 is 0 Å². The molecule has 0 bridgehead atoms. The van der Waals surface area contributed by atoms with Gasteiger partial charge in [-0.05, 0) is 34.2 Å². The second-order valence-corrected chi connectivity index (χ2v) is 6.58. The van der Waals surface area contributed by atoms with Crippen molar-refractivity contribution < 1.29 is 4.52 Å². The smallest absolute Gasteiger partial charge is 0.177 e. The number of hydrogen-bond donors (Lipinski definition) is 1. The monoisotopic (exact) mass is 368 g/mol. The summed E-state index contributed by atoms with van der Waals surface area (Å²) in [6.07, 6.45) is 0. The Morgan fingerprint density at radius 3 is 2.61 bits per heavy atom. The molecule has 0 aliphatic rings. The van der Waals surface area contributed by atoms with Crippen LogP contribution in [0.1, 0.15) is 0 Å².